The molecule has 1 aliphatic rings. The molecule has 2 N–H and O–H groups in total. The van der Waals surface area contributed by atoms with Crippen molar-refractivity contribution in [1.29, 1.82) is 0 Å². The number of amides is 1. The SMILES string of the molecule is CC1c2ccccc2OC1C(=O)NCC(O)c1c(F)cccc1F. The molecule has 1 heterocycles. The number of hydrogen-bond donors (Lipinski definition) is 2. The number of carbonyl (C=O) groups excluding carboxylic acids is 1. The summed E-state index contributed by atoms with van der Waals surface area (Å²) < 4.78 is 32.9. The Hall–Kier alpha value is -2.47. The molecule has 0 saturated carbocycles. The van der Waals surface area contributed by atoms with Crippen LogP contribution in [0.15, 0.2) is 42.5 Å². The summed E-state index contributed by atoms with van der Waals surface area (Å²) >= 11 is 0. The number of halogens is 2. The van der Waals surface area contributed by atoms with E-state index in [4.69, 9.17) is 4.74 Å². The highest BCUT2D eigenvalue weighted by atomic mass is 19.1. The van der Waals surface area contributed by atoms with Crippen molar-refractivity contribution in [3.63, 3.8) is 0 Å². The maximum Gasteiger partial charge on any atom is 0.261 e. The molecule has 2 aromatic rings. The van der Waals surface area contributed by atoms with Crippen LogP contribution in [-0.4, -0.2) is 23.7 Å². The third-order valence-corrected chi connectivity index (χ3v) is 4.18. The Balaban J connectivity index is 1.65. The van der Waals surface area contributed by atoms with E-state index in [1.165, 1.54) is 6.07 Å². The summed E-state index contributed by atoms with van der Waals surface area (Å²) in [6.07, 6.45) is -2.21. The van der Waals surface area contributed by atoms with Gasteiger partial charge in [-0.25, -0.2) is 8.78 Å². The Morgan fingerprint density at radius 2 is 1.88 bits per heavy atom. The van der Waals surface area contributed by atoms with E-state index in [1.54, 1.807) is 6.07 Å². The average Bonchev–Trinajstić information content (AvgIpc) is 2.90. The van der Waals surface area contributed by atoms with Gasteiger partial charge in [0.15, 0.2) is 6.10 Å². The summed E-state index contributed by atoms with van der Waals surface area (Å²) in [6.45, 7) is 1.56. The highest BCUT2D eigenvalue weighted by molar-refractivity contribution is 5.83. The predicted molar refractivity (Wildman–Crippen MR) is 83.6 cm³/mol. The van der Waals surface area contributed by atoms with Gasteiger partial charge in [-0.05, 0) is 18.2 Å². The van der Waals surface area contributed by atoms with Gasteiger partial charge in [0, 0.05) is 18.0 Å². The van der Waals surface area contributed by atoms with Crippen LogP contribution in [0.4, 0.5) is 8.78 Å². The van der Waals surface area contributed by atoms with Gasteiger partial charge >= 0.3 is 0 Å². The predicted octanol–water partition coefficient (Wildman–Crippen LogP) is 2.68. The standard InChI is InChI=1S/C18H17F2NO3/c1-10-11-5-2-3-8-15(11)24-17(10)18(23)21-9-14(22)16-12(19)6-4-7-13(16)20/h2-8,10,14,17,22H,9H2,1H3,(H,21,23). The number of ether oxygens (including phenoxy) is 1. The van der Waals surface area contributed by atoms with Crippen molar-refractivity contribution >= 4 is 5.91 Å². The quantitative estimate of drug-likeness (QED) is 0.904. The minimum atomic E-state index is -1.48. The van der Waals surface area contributed by atoms with E-state index in [1.807, 2.05) is 25.1 Å². The largest absolute Gasteiger partial charge is 0.480 e. The second kappa shape index (κ2) is 6.57. The number of aliphatic hydroxyl groups is 1. The molecule has 2 aromatic carbocycles. The Labute approximate surface area is 138 Å². The monoisotopic (exact) mass is 333 g/mol. The van der Waals surface area contributed by atoms with Crippen LogP contribution in [0.25, 0.3) is 0 Å². The van der Waals surface area contributed by atoms with Crippen molar-refractivity contribution in [2.24, 2.45) is 0 Å². The van der Waals surface area contributed by atoms with Gasteiger partial charge in [0.25, 0.3) is 5.91 Å². The smallest absolute Gasteiger partial charge is 0.261 e. The van der Waals surface area contributed by atoms with Gasteiger partial charge in [-0.3, -0.25) is 4.79 Å². The van der Waals surface area contributed by atoms with Crippen LogP contribution in [0.5, 0.6) is 5.75 Å². The normalized spacial score (nSPS) is 20.2. The Morgan fingerprint density at radius 1 is 1.21 bits per heavy atom. The fourth-order valence-electron chi connectivity index (χ4n) is 2.88. The van der Waals surface area contributed by atoms with E-state index < -0.39 is 35.3 Å². The number of fused-ring (bicyclic) bond motifs is 1. The first-order chi connectivity index (χ1) is 11.5. The van der Waals surface area contributed by atoms with E-state index in [-0.39, 0.29) is 12.5 Å². The van der Waals surface area contributed by atoms with Crippen molar-refractivity contribution in [2.75, 3.05) is 6.54 Å². The molecule has 0 aliphatic carbocycles. The molecule has 6 heteroatoms. The van der Waals surface area contributed by atoms with Gasteiger partial charge in [0.1, 0.15) is 23.5 Å². The second-order valence-electron chi connectivity index (χ2n) is 5.76. The lowest BCUT2D eigenvalue weighted by molar-refractivity contribution is -0.128. The van der Waals surface area contributed by atoms with Crippen molar-refractivity contribution in [3.8, 4) is 5.75 Å². The number of carbonyl (C=O) groups is 1. The van der Waals surface area contributed by atoms with Crippen LogP contribution >= 0.6 is 0 Å². The molecular formula is C18H17F2NO3. The van der Waals surface area contributed by atoms with Crippen LogP contribution < -0.4 is 10.1 Å². The van der Waals surface area contributed by atoms with E-state index in [9.17, 15) is 18.7 Å². The molecule has 0 radical (unpaired) electrons. The Bertz CT molecular complexity index is 745. The number of para-hydroxylation sites is 1. The highest BCUT2D eigenvalue weighted by Crippen LogP contribution is 2.37. The lowest BCUT2D eigenvalue weighted by Crippen LogP contribution is -2.40. The first kappa shape index (κ1) is 16.4. The van der Waals surface area contributed by atoms with Crippen LogP contribution in [0.3, 0.4) is 0 Å². The zero-order valence-corrected chi connectivity index (χ0v) is 13.0. The van der Waals surface area contributed by atoms with Gasteiger partial charge in [0.05, 0.1) is 5.56 Å². The second-order valence-corrected chi connectivity index (χ2v) is 5.76. The number of benzene rings is 2. The number of aliphatic hydroxyl groups excluding tert-OH is 1. The van der Waals surface area contributed by atoms with E-state index in [0.717, 1.165) is 17.7 Å². The molecule has 24 heavy (non-hydrogen) atoms. The molecule has 1 aliphatic heterocycles. The lowest BCUT2D eigenvalue weighted by Gasteiger charge is -2.18. The average molecular weight is 333 g/mol. The summed E-state index contributed by atoms with van der Waals surface area (Å²) in [4.78, 5) is 12.3. The molecule has 3 atom stereocenters. The summed E-state index contributed by atoms with van der Waals surface area (Å²) in [5.41, 5.74) is 0.472. The number of nitrogens with one attached hydrogen (secondary N) is 1. The minimum Gasteiger partial charge on any atom is -0.480 e. The maximum absolute atomic E-state index is 13.6. The Kier molecular flexibility index (Phi) is 4.49. The van der Waals surface area contributed by atoms with E-state index in [0.29, 0.717) is 5.75 Å². The fourth-order valence-corrected chi connectivity index (χ4v) is 2.88. The van der Waals surface area contributed by atoms with Crippen LogP contribution in [0, 0.1) is 11.6 Å². The zero-order chi connectivity index (χ0) is 17.3. The third kappa shape index (κ3) is 2.97. The molecule has 0 aromatic heterocycles. The molecule has 4 nitrogen and oxygen atoms in total. The van der Waals surface area contributed by atoms with Crippen LogP contribution in [-0.2, 0) is 4.79 Å². The first-order valence-electron chi connectivity index (χ1n) is 7.64. The molecule has 126 valence electrons. The molecule has 0 saturated heterocycles. The third-order valence-electron chi connectivity index (χ3n) is 4.18. The molecule has 0 bridgehead atoms. The van der Waals surface area contributed by atoms with Crippen molar-refractivity contribution in [1.82, 2.24) is 5.32 Å². The lowest BCUT2D eigenvalue weighted by atomic mass is 9.97. The maximum atomic E-state index is 13.6. The van der Waals surface area contributed by atoms with Gasteiger partial charge in [0.2, 0.25) is 0 Å². The first-order valence-corrected chi connectivity index (χ1v) is 7.64. The van der Waals surface area contributed by atoms with Crippen molar-refractivity contribution in [2.45, 2.75) is 25.0 Å². The van der Waals surface area contributed by atoms with Gasteiger partial charge in [-0.1, -0.05) is 31.2 Å². The van der Waals surface area contributed by atoms with Gasteiger partial charge in [-0.15, -0.1) is 0 Å². The molecular weight excluding hydrogens is 316 g/mol. The summed E-state index contributed by atoms with van der Waals surface area (Å²) in [7, 11) is 0. The number of rotatable bonds is 4. The Morgan fingerprint density at radius 3 is 2.54 bits per heavy atom. The van der Waals surface area contributed by atoms with Gasteiger partial charge < -0.3 is 15.2 Å². The molecule has 0 fully saturated rings. The summed E-state index contributed by atoms with van der Waals surface area (Å²) in [5.74, 6) is -1.65. The van der Waals surface area contributed by atoms with Crippen LogP contribution in [0.2, 0.25) is 0 Å². The van der Waals surface area contributed by atoms with Gasteiger partial charge in [-0.2, -0.15) is 0 Å². The molecule has 3 rings (SSSR count). The summed E-state index contributed by atoms with van der Waals surface area (Å²) in [5, 5.41) is 12.5. The van der Waals surface area contributed by atoms with Crippen molar-refractivity contribution < 1.29 is 23.4 Å². The minimum absolute atomic E-state index is 0.149. The highest BCUT2D eigenvalue weighted by Gasteiger charge is 2.36. The topological polar surface area (TPSA) is 58.6 Å². The van der Waals surface area contributed by atoms with E-state index in [2.05, 4.69) is 5.32 Å². The van der Waals surface area contributed by atoms with E-state index >= 15 is 0 Å². The molecule has 0 spiro atoms. The zero-order valence-electron chi connectivity index (χ0n) is 13.0. The molecule has 3 unspecified atom stereocenters. The number of hydrogen-bond acceptors (Lipinski definition) is 3. The molecule has 1 amide bonds. The van der Waals surface area contributed by atoms with Crippen molar-refractivity contribution in [3.05, 3.63) is 65.2 Å². The fraction of sp³-hybridized carbons (Fsp3) is 0.278. The summed E-state index contributed by atoms with van der Waals surface area (Å²) in [6, 6.07) is 10.7. The van der Waals surface area contributed by atoms with Crippen LogP contribution in [0.1, 0.15) is 30.1 Å².